The lowest BCUT2D eigenvalue weighted by molar-refractivity contribution is 0.0551. The molecule has 156 valence electrons. The molecule has 0 bridgehead atoms. The van der Waals surface area contributed by atoms with Crippen LogP contribution in [0, 0.1) is 12.7 Å². The van der Waals surface area contributed by atoms with E-state index < -0.39 is 0 Å². The standard InChI is InChI=1S/C22H22ClFN4O2/c1-14-12-16(6-7-19(14)24)20-25-21(30-26-20)15(2)27-8-10-28(11-9-27)22(29)17-4-3-5-18(23)13-17/h3-7,12-13,15H,8-11H2,1-2H3. The van der Waals surface area contributed by atoms with Gasteiger partial charge in [-0.3, -0.25) is 9.69 Å². The van der Waals surface area contributed by atoms with E-state index in [4.69, 9.17) is 16.1 Å². The van der Waals surface area contributed by atoms with E-state index in [0.717, 1.165) is 0 Å². The average molecular weight is 429 g/mol. The van der Waals surface area contributed by atoms with Crippen molar-refractivity contribution in [3.63, 3.8) is 0 Å². The molecule has 30 heavy (non-hydrogen) atoms. The monoisotopic (exact) mass is 428 g/mol. The highest BCUT2D eigenvalue weighted by molar-refractivity contribution is 6.30. The number of aromatic nitrogens is 2. The second-order valence-electron chi connectivity index (χ2n) is 7.43. The molecule has 2 aromatic carbocycles. The highest BCUT2D eigenvalue weighted by Crippen LogP contribution is 2.25. The molecule has 1 unspecified atom stereocenters. The van der Waals surface area contributed by atoms with Crippen molar-refractivity contribution in [2.24, 2.45) is 0 Å². The number of carbonyl (C=O) groups excluding carboxylic acids is 1. The van der Waals surface area contributed by atoms with Gasteiger partial charge in [-0.2, -0.15) is 4.98 Å². The molecule has 0 spiro atoms. The third-order valence-corrected chi connectivity index (χ3v) is 5.67. The number of aryl methyl sites for hydroxylation is 1. The van der Waals surface area contributed by atoms with E-state index in [9.17, 15) is 9.18 Å². The minimum atomic E-state index is -0.263. The first-order chi connectivity index (χ1) is 14.4. The molecule has 0 N–H and O–H groups in total. The number of carbonyl (C=O) groups is 1. The number of hydrogen-bond donors (Lipinski definition) is 0. The van der Waals surface area contributed by atoms with E-state index in [2.05, 4.69) is 15.0 Å². The number of nitrogens with zero attached hydrogens (tertiary/aromatic N) is 4. The minimum absolute atomic E-state index is 0.0171. The zero-order valence-corrected chi connectivity index (χ0v) is 17.6. The fourth-order valence-corrected chi connectivity index (χ4v) is 3.77. The average Bonchev–Trinajstić information content (AvgIpc) is 3.25. The number of benzene rings is 2. The number of halogens is 2. The molecular formula is C22H22ClFN4O2. The third kappa shape index (κ3) is 4.22. The van der Waals surface area contributed by atoms with E-state index >= 15 is 0 Å². The lowest BCUT2D eigenvalue weighted by Gasteiger charge is -2.36. The first kappa shape index (κ1) is 20.5. The van der Waals surface area contributed by atoms with Crippen LogP contribution in [0.2, 0.25) is 5.02 Å². The van der Waals surface area contributed by atoms with Gasteiger partial charge in [0, 0.05) is 42.3 Å². The third-order valence-electron chi connectivity index (χ3n) is 5.44. The summed E-state index contributed by atoms with van der Waals surface area (Å²) in [5.74, 6) is 0.661. The van der Waals surface area contributed by atoms with Crippen LogP contribution in [0.4, 0.5) is 4.39 Å². The Labute approximate surface area is 179 Å². The second-order valence-corrected chi connectivity index (χ2v) is 7.87. The zero-order valence-electron chi connectivity index (χ0n) is 16.8. The lowest BCUT2D eigenvalue weighted by Crippen LogP contribution is -2.49. The summed E-state index contributed by atoms with van der Waals surface area (Å²) in [4.78, 5) is 21.2. The van der Waals surface area contributed by atoms with Crippen molar-refractivity contribution < 1.29 is 13.7 Å². The van der Waals surface area contributed by atoms with E-state index in [1.54, 1.807) is 43.3 Å². The number of rotatable bonds is 4. The van der Waals surface area contributed by atoms with Crippen LogP contribution in [0.15, 0.2) is 47.0 Å². The van der Waals surface area contributed by atoms with Crippen LogP contribution < -0.4 is 0 Å². The van der Waals surface area contributed by atoms with Crippen molar-refractivity contribution in [3.8, 4) is 11.4 Å². The van der Waals surface area contributed by atoms with Crippen LogP contribution in [0.25, 0.3) is 11.4 Å². The largest absolute Gasteiger partial charge is 0.337 e. The Balaban J connectivity index is 1.40. The van der Waals surface area contributed by atoms with Crippen LogP contribution in [-0.4, -0.2) is 52.0 Å². The van der Waals surface area contributed by atoms with Gasteiger partial charge >= 0.3 is 0 Å². The maximum Gasteiger partial charge on any atom is 0.253 e. The quantitative estimate of drug-likeness (QED) is 0.618. The maximum atomic E-state index is 13.5. The summed E-state index contributed by atoms with van der Waals surface area (Å²) in [6.07, 6.45) is 0. The van der Waals surface area contributed by atoms with Crippen LogP contribution >= 0.6 is 11.6 Å². The summed E-state index contributed by atoms with van der Waals surface area (Å²) < 4.78 is 19.0. The van der Waals surface area contributed by atoms with E-state index in [1.165, 1.54) is 6.07 Å². The molecule has 0 radical (unpaired) electrons. The Kier molecular flexibility index (Phi) is 5.83. The molecule has 1 atom stereocenters. The normalized spacial score (nSPS) is 15.9. The van der Waals surface area contributed by atoms with Crippen LogP contribution in [-0.2, 0) is 0 Å². The molecule has 1 aliphatic heterocycles. The highest BCUT2D eigenvalue weighted by atomic mass is 35.5. The molecule has 3 aromatic rings. The Morgan fingerprint density at radius 2 is 1.93 bits per heavy atom. The molecule has 2 heterocycles. The van der Waals surface area contributed by atoms with Crippen molar-refractivity contribution >= 4 is 17.5 Å². The van der Waals surface area contributed by atoms with Gasteiger partial charge in [0.15, 0.2) is 0 Å². The Morgan fingerprint density at radius 3 is 2.63 bits per heavy atom. The van der Waals surface area contributed by atoms with Crippen molar-refractivity contribution in [3.05, 3.63) is 70.3 Å². The highest BCUT2D eigenvalue weighted by Gasteiger charge is 2.28. The summed E-state index contributed by atoms with van der Waals surface area (Å²) in [6, 6.07) is 11.7. The van der Waals surface area contributed by atoms with Gasteiger partial charge < -0.3 is 9.42 Å². The number of amides is 1. The van der Waals surface area contributed by atoms with E-state index in [-0.39, 0.29) is 17.8 Å². The lowest BCUT2D eigenvalue weighted by atomic mass is 10.1. The maximum absolute atomic E-state index is 13.5. The Hall–Kier alpha value is -2.77. The van der Waals surface area contributed by atoms with Gasteiger partial charge in [0.2, 0.25) is 11.7 Å². The molecule has 1 aromatic heterocycles. The molecular weight excluding hydrogens is 407 g/mol. The van der Waals surface area contributed by atoms with Gasteiger partial charge in [-0.15, -0.1) is 0 Å². The summed E-state index contributed by atoms with van der Waals surface area (Å²) >= 11 is 6.00. The molecule has 1 amide bonds. The van der Waals surface area contributed by atoms with Gasteiger partial charge in [0.1, 0.15) is 5.82 Å². The molecule has 4 rings (SSSR count). The van der Waals surface area contributed by atoms with Crippen molar-refractivity contribution in [1.82, 2.24) is 19.9 Å². The van der Waals surface area contributed by atoms with Gasteiger partial charge in [-0.25, -0.2) is 4.39 Å². The minimum Gasteiger partial charge on any atom is -0.337 e. The number of piperazine rings is 1. The molecule has 0 saturated carbocycles. The van der Waals surface area contributed by atoms with Gasteiger partial charge in [-0.1, -0.05) is 22.8 Å². The van der Waals surface area contributed by atoms with Gasteiger partial charge in [0.25, 0.3) is 5.91 Å². The summed E-state index contributed by atoms with van der Waals surface area (Å²) in [7, 11) is 0. The van der Waals surface area contributed by atoms with Crippen LogP contribution in [0.1, 0.15) is 34.8 Å². The molecule has 8 heteroatoms. The summed E-state index contributed by atoms with van der Waals surface area (Å²) in [5.41, 5.74) is 1.85. The molecule has 1 aliphatic rings. The first-order valence-corrected chi connectivity index (χ1v) is 10.2. The van der Waals surface area contributed by atoms with Crippen LogP contribution in [0.5, 0.6) is 0 Å². The van der Waals surface area contributed by atoms with Gasteiger partial charge in [0.05, 0.1) is 6.04 Å². The summed E-state index contributed by atoms with van der Waals surface area (Å²) in [6.45, 7) is 6.30. The second kappa shape index (κ2) is 8.53. The fraction of sp³-hybridized carbons (Fsp3) is 0.318. The van der Waals surface area contributed by atoms with Gasteiger partial charge in [-0.05, 0) is 55.8 Å². The summed E-state index contributed by atoms with van der Waals surface area (Å²) in [5, 5.41) is 4.60. The molecule has 1 saturated heterocycles. The molecule has 6 nitrogen and oxygen atoms in total. The first-order valence-electron chi connectivity index (χ1n) is 9.81. The van der Waals surface area contributed by atoms with E-state index in [1.807, 2.05) is 11.8 Å². The topological polar surface area (TPSA) is 62.5 Å². The smallest absolute Gasteiger partial charge is 0.253 e. The number of hydrogen-bond acceptors (Lipinski definition) is 5. The van der Waals surface area contributed by atoms with Crippen molar-refractivity contribution in [2.75, 3.05) is 26.2 Å². The van der Waals surface area contributed by atoms with Crippen molar-refractivity contribution in [2.45, 2.75) is 19.9 Å². The van der Waals surface area contributed by atoms with E-state index in [0.29, 0.717) is 59.6 Å². The predicted octanol–water partition coefficient (Wildman–Crippen LogP) is 4.36. The Bertz CT molecular complexity index is 1060. The van der Waals surface area contributed by atoms with Crippen molar-refractivity contribution in [1.29, 1.82) is 0 Å². The zero-order chi connectivity index (χ0) is 21.3. The SMILES string of the molecule is Cc1cc(-c2noc(C(C)N3CCN(C(=O)c4cccc(Cl)c4)CC3)n2)ccc1F. The molecule has 0 aliphatic carbocycles. The molecule has 1 fully saturated rings. The van der Waals surface area contributed by atoms with Crippen LogP contribution in [0.3, 0.4) is 0 Å². The predicted molar refractivity (Wildman–Crippen MR) is 112 cm³/mol. The fourth-order valence-electron chi connectivity index (χ4n) is 3.58. The Morgan fingerprint density at radius 1 is 1.17 bits per heavy atom.